The third-order valence-electron chi connectivity index (χ3n) is 3.01. The molecule has 1 unspecified atom stereocenters. The SMILES string of the molecule is CC(CN)N(C)C(=O)Cc1coc(-c2cccs2)n1. The molecule has 102 valence electrons. The standard InChI is InChI=1S/C13H17N3O2S/c1-9(7-14)16(2)12(17)6-10-8-18-13(15-10)11-4-3-5-19-11/h3-5,8-9H,6-7,14H2,1-2H3. The molecule has 0 saturated heterocycles. The lowest BCUT2D eigenvalue weighted by Gasteiger charge is -2.23. The number of hydrogen-bond donors (Lipinski definition) is 1. The molecule has 2 aromatic rings. The first-order chi connectivity index (χ1) is 9.11. The number of amides is 1. The molecule has 2 heterocycles. The molecule has 0 radical (unpaired) electrons. The van der Waals surface area contributed by atoms with Crippen molar-refractivity contribution in [2.45, 2.75) is 19.4 Å². The number of rotatable bonds is 5. The number of hydrogen-bond acceptors (Lipinski definition) is 5. The van der Waals surface area contributed by atoms with E-state index in [-0.39, 0.29) is 18.4 Å². The van der Waals surface area contributed by atoms with Crippen molar-refractivity contribution in [3.05, 3.63) is 29.5 Å². The Morgan fingerprint density at radius 3 is 3.05 bits per heavy atom. The first-order valence-corrected chi connectivity index (χ1v) is 6.93. The molecule has 1 amide bonds. The molecule has 0 aliphatic heterocycles. The quantitative estimate of drug-likeness (QED) is 0.905. The fraction of sp³-hybridized carbons (Fsp3) is 0.385. The molecule has 0 fully saturated rings. The minimum absolute atomic E-state index is 0.0102. The number of aromatic nitrogens is 1. The van der Waals surface area contributed by atoms with Crippen molar-refractivity contribution in [1.29, 1.82) is 0 Å². The Balaban J connectivity index is 2.02. The van der Waals surface area contributed by atoms with Crippen LogP contribution in [0.5, 0.6) is 0 Å². The van der Waals surface area contributed by atoms with Gasteiger partial charge in [-0.3, -0.25) is 4.79 Å². The molecule has 5 nitrogen and oxygen atoms in total. The highest BCUT2D eigenvalue weighted by Gasteiger charge is 2.17. The maximum atomic E-state index is 12.0. The average Bonchev–Trinajstić information content (AvgIpc) is 3.06. The molecule has 0 aliphatic carbocycles. The molecule has 2 rings (SSSR count). The molecular weight excluding hydrogens is 262 g/mol. The first-order valence-electron chi connectivity index (χ1n) is 6.05. The molecule has 2 aromatic heterocycles. The van der Waals surface area contributed by atoms with Crippen LogP contribution in [0.2, 0.25) is 0 Å². The predicted molar refractivity (Wildman–Crippen MR) is 74.8 cm³/mol. The van der Waals surface area contributed by atoms with E-state index in [0.717, 1.165) is 4.88 Å². The van der Waals surface area contributed by atoms with E-state index < -0.39 is 0 Å². The lowest BCUT2D eigenvalue weighted by molar-refractivity contribution is -0.130. The van der Waals surface area contributed by atoms with Gasteiger partial charge in [0.2, 0.25) is 11.8 Å². The molecule has 1 atom stereocenters. The van der Waals surface area contributed by atoms with Gasteiger partial charge in [-0.1, -0.05) is 6.07 Å². The Hall–Kier alpha value is -1.66. The van der Waals surface area contributed by atoms with Crippen molar-refractivity contribution in [2.75, 3.05) is 13.6 Å². The van der Waals surface area contributed by atoms with Crippen LogP contribution in [-0.2, 0) is 11.2 Å². The third kappa shape index (κ3) is 3.21. The molecular formula is C13H17N3O2S. The highest BCUT2D eigenvalue weighted by Crippen LogP contribution is 2.23. The van der Waals surface area contributed by atoms with Crippen LogP contribution in [0.3, 0.4) is 0 Å². The van der Waals surface area contributed by atoms with Crippen molar-refractivity contribution < 1.29 is 9.21 Å². The molecule has 0 aromatic carbocycles. The molecule has 0 saturated carbocycles. The minimum atomic E-state index is -0.0102. The highest BCUT2D eigenvalue weighted by atomic mass is 32.1. The second-order valence-corrected chi connectivity index (χ2v) is 5.34. The summed E-state index contributed by atoms with van der Waals surface area (Å²) >= 11 is 1.55. The van der Waals surface area contributed by atoms with E-state index in [1.165, 1.54) is 6.26 Å². The largest absolute Gasteiger partial charge is 0.444 e. The van der Waals surface area contributed by atoms with Gasteiger partial charge in [-0.15, -0.1) is 11.3 Å². The summed E-state index contributed by atoms with van der Waals surface area (Å²) in [4.78, 5) is 18.9. The molecule has 6 heteroatoms. The molecule has 0 aliphatic rings. The Kier molecular flexibility index (Phi) is 4.34. The lowest BCUT2D eigenvalue weighted by Crippen LogP contribution is -2.40. The van der Waals surface area contributed by atoms with E-state index in [1.807, 2.05) is 24.4 Å². The van der Waals surface area contributed by atoms with Gasteiger partial charge in [0.1, 0.15) is 6.26 Å². The van der Waals surface area contributed by atoms with Gasteiger partial charge < -0.3 is 15.1 Å². The van der Waals surface area contributed by atoms with Gasteiger partial charge in [0.25, 0.3) is 0 Å². The van der Waals surface area contributed by atoms with Crippen molar-refractivity contribution in [1.82, 2.24) is 9.88 Å². The monoisotopic (exact) mass is 279 g/mol. The summed E-state index contributed by atoms with van der Waals surface area (Å²) in [6.07, 6.45) is 1.77. The molecule has 0 bridgehead atoms. The third-order valence-corrected chi connectivity index (χ3v) is 3.87. The zero-order valence-electron chi connectivity index (χ0n) is 11.0. The van der Waals surface area contributed by atoms with Crippen molar-refractivity contribution >= 4 is 17.2 Å². The van der Waals surface area contributed by atoms with Gasteiger partial charge in [-0.2, -0.15) is 0 Å². The van der Waals surface area contributed by atoms with Gasteiger partial charge in [0.15, 0.2) is 0 Å². The van der Waals surface area contributed by atoms with Crippen LogP contribution >= 0.6 is 11.3 Å². The second kappa shape index (κ2) is 5.99. The smallest absolute Gasteiger partial charge is 0.236 e. The minimum Gasteiger partial charge on any atom is -0.444 e. The zero-order valence-corrected chi connectivity index (χ0v) is 11.8. The summed E-state index contributed by atoms with van der Waals surface area (Å²) in [5, 5.41) is 1.96. The summed E-state index contributed by atoms with van der Waals surface area (Å²) in [6, 6.07) is 3.90. The van der Waals surface area contributed by atoms with Gasteiger partial charge in [0.05, 0.1) is 17.0 Å². The summed E-state index contributed by atoms with van der Waals surface area (Å²) in [5.74, 6) is 0.552. The fourth-order valence-electron chi connectivity index (χ4n) is 1.59. The first kappa shape index (κ1) is 13.8. The zero-order chi connectivity index (χ0) is 13.8. The number of oxazole rings is 1. The molecule has 0 spiro atoms. The highest BCUT2D eigenvalue weighted by molar-refractivity contribution is 7.13. The summed E-state index contributed by atoms with van der Waals surface area (Å²) in [7, 11) is 1.75. The normalized spacial score (nSPS) is 12.4. The Labute approximate surface area is 116 Å². The fourth-order valence-corrected chi connectivity index (χ4v) is 2.24. The number of nitrogens with zero attached hydrogens (tertiary/aromatic N) is 2. The number of carbonyl (C=O) groups excluding carboxylic acids is 1. The van der Waals surface area contributed by atoms with Crippen LogP contribution in [0.25, 0.3) is 10.8 Å². The molecule has 19 heavy (non-hydrogen) atoms. The van der Waals surface area contributed by atoms with Crippen LogP contribution in [-0.4, -0.2) is 35.4 Å². The van der Waals surface area contributed by atoms with Crippen molar-refractivity contribution in [2.24, 2.45) is 5.73 Å². The van der Waals surface area contributed by atoms with Gasteiger partial charge in [-0.05, 0) is 18.4 Å². The summed E-state index contributed by atoms with van der Waals surface area (Å²) in [5.41, 5.74) is 6.19. The van der Waals surface area contributed by atoms with Crippen LogP contribution < -0.4 is 5.73 Å². The summed E-state index contributed by atoms with van der Waals surface area (Å²) in [6.45, 7) is 2.36. The topological polar surface area (TPSA) is 72.4 Å². The van der Waals surface area contributed by atoms with E-state index in [4.69, 9.17) is 10.2 Å². The number of nitrogens with two attached hydrogens (primary N) is 1. The van der Waals surface area contributed by atoms with E-state index >= 15 is 0 Å². The van der Waals surface area contributed by atoms with E-state index in [9.17, 15) is 4.79 Å². The van der Waals surface area contributed by atoms with Gasteiger partial charge in [0, 0.05) is 19.6 Å². The Bertz CT molecular complexity index is 536. The van der Waals surface area contributed by atoms with Crippen LogP contribution in [0.1, 0.15) is 12.6 Å². The van der Waals surface area contributed by atoms with Gasteiger partial charge in [-0.25, -0.2) is 4.98 Å². The second-order valence-electron chi connectivity index (χ2n) is 4.39. The number of carbonyl (C=O) groups is 1. The van der Waals surface area contributed by atoms with E-state index in [2.05, 4.69) is 4.98 Å². The maximum absolute atomic E-state index is 12.0. The maximum Gasteiger partial charge on any atom is 0.236 e. The van der Waals surface area contributed by atoms with Crippen molar-refractivity contribution in [3.63, 3.8) is 0 Å². The average molecular weight is 279 g/mol. The molecule has 2 N–H and O–H groups in total. The van der Waals surface area contributed by atoms with Crippen LogP contribution in [0.4, 0.5) is 0 Å². The Morgan fingerprint density at radius 2 is 2.42 bits per heavy atom. The predicted octanol–water partition coefficient (Wildman–Crippen LogP) is 1.75. The van der Waals surface area contributed by atoms with Crippen LogP contribution in [0.15, 0.2) is 28.2 Å². The number of thiophene rings is 1. The number of likely N-dealkylation sites (N-methyl/N-ethyl adjacent to an activating group) is 1. The lowest BCUT2D eigenvalue weighted by atomic mass is 10.2. The summed E-state index contributed by atoms with van der Waals surface area (Å²) < 4.78 is 5.38. The van der Waals surface area contributed by atoms with Crippen LogP contribution in [0, 0.1) is 0 Å². The van der Waals surface area contributed by atoms with E-state index in [1.54, 1.807) is 23.3 Å². The van der Waals surface area contributed by atoms with Gasteiger partial charge >= 0.3 is 0 Å². The Morgan fingerprint density at radius 1 is 1.63 bits per heavy atom. The van der Waals surface area contributed by atoms with Crippen molar-refractivity contribution in [3.8, 4) is 10.8 Å². The van der Waals surface area contributed by atoms with E-state index in [0.29, 0.717) is 18.1 Å².